The van der Waals surface area contributed by atoms with Gasteiger partial charge in [-0.05, 0) is 48.5 Å². The van der Waals surface area contributed by atoms with Gasteiger partial charge in [-0.25, -0.2) is 8.42 Å². The Labute approximate surface area is 197 Å². The number of hydrogen-bond acceptors (Lipinski definition) is 7. The number of sulfonamides is 1. The van der Waals surface area contributed by atoms with E-state index in [0.29, 0.717) is 28.6 Å². The summed E-state index contributed by atoms with van der Waals surface area (Å²) < 4.78 is 49.7. The molecule has 10 heteroatoms. The van der Waals surface area contributed by atoms with Crippen LogP contribution in [0.1, 0.15) is 0 Å². The van der Waals surface area contributed by atoms with Crippen molar-refractivity contribution >= 4 is 27.3 Å². The Kier molecular flexibility index (Phi) is 6.51. The van der Waals surface area contributed by atoms with E-state index in [1.807, 2.05) is 0 Å². The zero-order valence-electron chi connectivity index (χ0n) is 18.8. The smallest absolute Gasteiger partial charge is 0.267 e. The van der Waals surface area contributed by atoms with Crippen molar-refractivity contribution in [3.8, 4) is 23.0 Å². The number of nitrogens with one attached hydrogen (secondary N) is 1. The van der Waals surface area contributed by atoms with Gasteiger partial charge in [0.1, 0.15) is 23.0 Å². The van der Waals surface area contributed by atoms with Crippen LogP contribution < -0.4 is 28.6 Å². The van der Waals surface area contributed by atoms with E-state index in [9.17, 15) is 13.2 Å². The number of anilines is 2. The first-order valence-electron chi connectivity index (χ1n) is 10.3. The highest BCUT2D eigenvalue weighted by Gasteiger charge is 2.37. The second-order valence-electron chi connectivity index (χ2n) is 7.34. The molecule has 9 nitrogen and oxygen atoms in total. The van der Waals surface area contributed by atoms with Crippen molar-refractivity contribution in [1.82, 2.24) is 0 Å². The molecule has 0 aromatic heterocycles. The lowest BCUT2D eigenvalue weighted by molar-refractivity contribution is -0.122. The number of amides is 1. The Hall–Kier alpha value is -3.92. The number of ether oxygens (including phenoxy) is 4. The van der Waals surface area contributed by atoms with Crippen molar-refractivity contribution in [1.29, 1.82) is 0 Å². The maximum atomic E-state index is 13.5. The van der Waals surface area contributed by atoms with Crippen molar-refractivity contribution in [2.45, 2.75) is 11.0 Å². The quantitative estimate of drug-likeness (QED) is 0.549. The van der Waals surface area contributed by atoms with Gasteiger partial charge < -0.3 is 24.3 Å². The standard InChI is InChI=1S/C24H24N2O7S/c1-30-16-8-11-18(12-9-16)34(28,29)26-15-23(33-21-7-5-4-6-20(21)26)24(27)25-19-13-10-17(31-2)14-22(19)32-3/h4-14,23H,15H2,1-3H3,(H,25,27)/t23-/m0/s1. The van der Waals surface area contributed by atoms with Gasteiger partial charge in [0, 0.05) is 6.07 Å². The first-order chi connectivity index (χ1) is 16.4. The molecular weight excluding hydrogens is 460 g/mol. The predicted molar refractivity (Wildman–Crippen MR) is 127 cm³/mol. The van der Waals surface area contributed by atoms with Gasteiger partial charge >= 0.3 is 0 Å². The summed E-state index contributed by atoms with van der Waals surface area (Å²) >= 11 is 0. The fourth-order valence-corrected chi connectivity index (χ4v) is 5.03. The average Bonchev–Trinajstić information content (AvgIpc) is 2.88. The van der Waals surface area contributed by atoms with Gasteiger partial charge in [-0.2, -0.15) is 0 Å². The van der Waals surface area contributed by atoms with E-state index < -0.39 is 22.0 Å². The lowest BCUT2D eigenvalue weighted by atomic mass is 10.2. The van der Waals surface area contributed by atoms with E-state index in [2.05, 4.69) is 5.32 Å². The minimum absolute atomic E-state index is 0.0704. The summed E-state index contributed by atoms with van der Waals surface area (Å²) in [5, 5.41) is 2.76. The molecule has 0 fully saturated rings. The van der Waals surface area contributed by atoms with Crippen LogP contribution in [0.25, 0.3) is 0 Å². The van der Waals surface area contributed by atoms with Crippen LogP contribution in [0.2, 0.25) is 0 Å². The van der Waals surface area contributed by atoms with Gasteiger partial charge in [-0.3, -0.25) is 9.10 Å². The number of rotatable bonds is 7. The van der Waals surface area contributed by atoms with Crippen molar-refractivity contribution < 1.29 is 32.2 Å². The predicted octanol–water partition coefficient (Wildman–Crippen LogP) is 3.31. The van der Waals surface area contributed by atoms with Crippen LogP contribution in [0.5, 0.6) is 23.0 Å². The second kappa shape index (κ2) is 9.52. The number of para-hydroxylation sites is 2. The molecular formula is C24H24N2O7S. The molecule has 3 aromatic rings. The average molecular weight is 485 g/mol. The molecule has 0 saturated carbocycles. The molecule has 1 aliphatic heterocycles. The van der Waals surface area contributed by atoms with Gasteiger partial charge in [0.15, 0.2) is 6.10 Å². The molecule has 3 aromatic carbocycles. The van der Waals surface area contributed by atoms with Crippen LogP contribution in [0.15, 0.2) is 71.6 Å². The SMILES string of the molecule is COc1ccc(S(=O)(=O)N2C[C@@H](C(=O)Nc3ccc(OC)cc3OC)Oc3ccccc32)cc1. The third kappa shape index (κ3) is 4.44. The lowest BCUT2D eigenvalue weighted by Gasteiger charge is -2.34. The van der Waals surface area contributed by atoms with Crippen LogP contribution in [-0.4, -0.2) is 48.3 Å². The topological polar surface area (TPSA) is 103 Å². The first kappa shape index (κ1) is 23.2. The molecule has 0 saturated heterocycles. The zero-order chi connectivity index (χ0) is 24.3. The number of benzene rings is 3. The molecule has 1 heterocycles. The summed E-state index contributed by atoms with van der Waals surface area (Å²) in [6.07, 6.45) is -1.10. The minimum atomic E-state index is -3.98. The van der Waals surface area contributed by atoms with Crippen LogP contribution in [0, 0.1) is 0 Å². The van der Waals surface area contributed by atoms with Crippen LogP contribution >= 0.6 is 0 Å². The van der Waals surface area contributed by atoms with Crippen molar-refractivity contribution in [3.05, 3.63) is 66.7 Å². The maximum absolute atomic E-state index is 13.5. The van der Waals surface area contributed by atoms with Crippen LogP contribution in [0.4, 0.5) is 11.4 Å². The van der Waals surface area contributed by atoms with E-state index in [0.717, 1.165) is 0 Å². The Bertz CT molecular complexity index is 1290. The number of nitrogens with zero attached hydrogens (tertiary/aromatic N) is 1. The summed E-state index contributed by atoms with van der Waals surface area (Å²) in [7, 11) is 0.517. The van der Waals surface area contributed by atoms with E-state index in [4.69, 9.17) is 18.9 Å². The summed E-state index contributed by atoms with van der Waals surface area (Å²) in [5.41, 5.74) is 0.754. The molecule has 1 aliphatic rings. The number of hydrogen-bond donors (Lipinski definition) is 1. The summed E-state index contributed by atoms with van der Waals surface area (Å²) in [6.45, 7) is -0.213. The third-order valence-electron chi connectivity index (χ3n) is 5.34. The van der Waals surface area contributed by atoms with Crippen molar-refractivity contribution in [2.75, 3.05) is 37.5 Å². The molecule has 0 spiro atoms. The fourth-order valence-electron chi connectivity index (χ4n) is 3.56. The Morgan fingerprint density at radius 2 is 1.62 bits per heavy atom. The van der Waals surface area contributed by atoms with E-state index in [-0.39, 0.29) is 17.2 Å². The first-order valence-corrected chi connectivity index (χ1v) is 11.8. The van der Waals surface area contributed by atoms with Crippen molar-refractivity contribution in [3.63, 3.8) is 0 Å². The Morgan fingerprint density at radius 1 is 0.941 bits per heavy atom. The number of carbonyl (C=O) groups is 1. The molecule has 0 radical (unpaired) electrons. The molecule has 0 unspecified atom stereocenters. The highest BCUT2D eigenvalue weighted by Crippen LogP contribution is 2.37. The normalized spacial score (nSPS) is 15.0. The monoisotopic (exact) mass is 484 g/mol. The van der Waals surface area contributed by atoms with Gasteiger partial charge in [0.2, 0.25) is 0 Å². The van der Waals surface area contributed by atoms with Gasteiger partial charge in [0.25, 0.3) is 15.9 Å². The van der Waals surface area contributed by atoms with Crippen molar-refractivity contribution in [2.24, 2.45) is 0 Å². The number of fused-ring (bicyclic) bond motifs is 1. The molecule has 0 aliphatic carbocycles. The molecule has 1 N–H and O–H groups in total. The number of carbonyl (C=O) groups excluding carboxylic acids is 1. The molecule has 1 atom stereocenters. The van der Waals surface area contributed by atoms with Crippen LogP contribution in [-0.2, 0) is 14.8 Å². The Morgan fingerprint density at radius 3 is 2.29 bits per heavy atom. The molecule has 1 amide bonds. The van der Waals surface area contributed by atoms with Crippen LogP contribution in [0.3, 0.4) is 0 Å². The largest absolute Gasteiger partial charge is 0.497 e. The minimum Gasteiger partial charge on any atom is -0.497 e. The third-order valence-corrected chi connectivity index (χ3v) is 7.14. The molecule has 0 bridgehead atoms. The molecule has 4 rings (SSSR count). The maximum Gasteiger partial charge on any atom is 0.267 e. The summed E-state index contributed by atoms with van der Waals surface area (Å²) in [6, 6.07) is 17.7. The lowest BCUT2D eigenvalue weighted by Crippen LogP contribution is -2.48. The highest BCUT2D eigenvalue weighted by atomic mass is 32.2. The van der Waals surface area contributed by atoms with E-state index in [1.165, 1.54) is 37.8 Å². The Balaban J connectivity index is 1.64. The summed E-state index contributed by atoms with van der Waals surface area (Å²) in [5.74, 6) is 1.26. The van der Waals surface area contributed by atoms with Gasteiger partial charge in [-0.1, -0.05) is 12.1 Å². The van der Waals surface area contributed by atoms with Gasteiger partial charge in [-0.15, -0.1) is 0 Å². The van der Waals surface area contributed by atoms with E-state index >= 15 is 0 Å². The summed E-state index contributed by atoms with van der Waals surface area (Å²) in [4.78, 5) is 13.2. The molecule has 34 heavy (non-hydrogen) atoms. The number of methoxy groups -OCH3 is 3. The van der Waals surface area contributed by atoms with Gasteiger partial charge in [0.05, 0.1) is 44.1 Å². The fraction of sp³-hybridized carbons (Fsp3) is 0.208. The molecule has 178 valence electrons. The second-order valence-corrected chi connectivity index (χ2v) is 9.20. The highest BCUT2D eigenvalue weighted by molar-refractivity contribution is 7.92. The van der Waals surface area contributed by atoms with E-state index in [1.54, 1.807) is 54.6 Å². The zero-order valence-corrected chi connectivity index (χ0v) is 19.7.